The van der Waals surface area contributed by atoms with Crippen molar-refractivity contribution in [1.29, 1.82) is 0 Å². The van der Waals surface area contributed by atoms with Gasteiger partial charge < -0.3 is 9.47 Å². The van der Waals surface area contributed by atoms with Gasteiger partial charge in [0.2, 0.25) is 0 Å². The molecular weight excluding hydrogens is 301 g/mol. The van der Waals surface area contributed by atoms with Gasteiger partial charge in [-0.15, -0.1) is 13.2 Å². The van der Waals surface area contributed by atoms with Gasteiger partial charge in [-0.25, -0.2) is 0 Å². The number of hydrogen-bond donors (Lipinski definition) is 0. The summed E-state index contributed by atoms with van der Waals surface area (Å²) in [6.07, 6.45) is -2.76. The minimum Gasteiger partial charge on any atom is -0.494 e. The quantitative estimate of drug-likeness (QED) is 0.580. The lowest BCUT2D eigenvalue weighted by Gasteiger charge is -2.09. The Morgan fingerprint density at radius 3 is 2.12 bits per heavy atom. The standard InChI is InChI=1S/C11H12BrF3O2/c12-7-1-2-8-16-9-3-5-10(6-4-9)17-11(13,14)15/h3-6H,1-2,7-8H2. The second-order valence-corrected chi connectivity index (χ2v) is 4.06. The largest absolute Gasteiger partial charge is 0.573 e. The fourth-order valence-electron chi connectivity index (χ4n) is 1.12. The molecule has 17 heavy (non-hydrogen) atoms. The Balaban J connectivity index is 2.39. The molecule has 0 saturated carbocycles. The first-order chi connectivity index (χ1) is 8.01. The van der Waals surface area contributed by atoms with E-state index in [-0.39, 0.29) is 5.75 Å². The maximum atomic E-state index is 11.9. The Labute approximate surface area is 106 Å². The van der Waals surface area contributed by atoms with Crippen molar-refractivity contribution in [3.63, 3.8) is 0 Å². The van der Waals surface area contributed by atoms with Gasteiger partial charge in [-0.3, -0.25) is 0 Å². The van der Waals surface area contributed by atoms with Crippen LogP contribution in [0.4, 0.5) is 13.2 Å². The molecule has 0 amide bonds. The molecule has 0 spiro atoms. The van der Waals surface area contributed by atoms with Crippen LogP contribution in [0.5, 0.6) is 11.5 Å². The molecule has 1 aromatic rings. The van der Waals surface area contributed by atoms with Crippen LogP contribution in [0.3, 0.4) is 0 Å². The van der Waals surface area contributed by atoms with E-state index < -0.39 is 6.36 Å². The summed E-state index contributed by atoms with van der Waals surface area (Å²) in [7, 11) is 0. The lowest BCUT2D eigenvalue weighted by Crippen LogP contribution is -2.16. The Morgan fingerprint density at radius 1 is 1.00 bits per heavy atom. The fourth-order valence-corrected chi connectivity index (χ4v) is 1.52. The molecule has 0 aliphatic heterocycles. The normalized spacial score (nSPS) is 11.3. The Kier molecular flexibility index (Phi) is 5.61. The Morgan fingerprint density at radius 2 is 1.59 bits per heavy atom. The molecule has 1 aromatic carbocycles. The van der Waals surface area contributed by atoms with Crippen LogP contribution in [0.2, 0.25) is 0 Å². The minimum absolute atomic E-state index is 0.245. The molecule has 0 saturated heterocycles. The number of hydrogen-bond acceptors (Lipinski definition) is 2. The van der Waals surface area contributed by atoms with Crippen molar-refractivity contribution < 1.29 is 22.6 Å². The molecule has 1 rings (SSSR count). The van der Waals surface area contributed by atoms with Gasteiger partial charge in [0.1, 0.15) is 11.5 Å². The molecule has 0 radical (unpaired) electrons. The highest BCUT2D eigenvalue weighted by Gasteiger charge is 2.30. The highest BCUT2D eigenvalue weighted by Crippen LogP contribution is 2.24. The summed E-state index contributed by atoms with van der Waals surface area (Å²) < 4.78 is 44.7. The van der Waals surface area contributed by atoms with Crippen LogP contribution >= 0.6 is 15.9 Å². The molecule has 6 heteroatoms. The molecule has 0 aliphatic carbocycles. The summed E-state index contributed by atoms with van der Waals surface area (Å²) in [5.74, 6) is 0.291. The van der Waals surface area contributed by atoms with Crippen LogP contribution in [0.25, 0.3) is 0 Å². The van der Waals surface area contributed by atoms with Crippen LogP contribution in [0.1, 0.15) is 12.8 Å². The van der Waals surface area contributed by atoms with E-state index in [1.165, 1.54) is 24.3 Å². The highest BCUT2D eigenvalue weighted by atomic mass is 79.9. The fraction of sp³-hybridized carbons (Fsp3) is 0.455. The minimum atomic E-state index is -4.65. The second-order valence-electron chi connectivity index (χ2n) is 3.26. The SMILES string of the molecule is FC(F)(F)Oc1ccc(OCCCCBr)cc1. The van der Waals surface area contributed by atoms with E-state index in [9.17, 15) is 13.2 Å². The molecule has 0 unspecified atom stereocenters. The van der Waals surface area contributed by atoms with Crippen molar-refractivity contribution in [1.82, 2.24) is 0 Å². The molecular formula is C11H12BrF3O2. The maximum absolute atomic E-state index is 11.9. The lowest BCUT2D eigenvalue weighted by atomic mass is 10.3. The highest BCUT2D eigenvalue weighted by molar-refractivity contribution is 9.09. The van der Waals surface area contributed by atoms with E-state index in [0.29, 0.717) is 12.4 Å². The third-order valence-corrected chi connectivity index (χ3v) is 2.41. The molecule has 0 bridgehead atoms. The summed E-state index contributed by atoms with van der Waals surface area (Å²) in [6, 6.07) is 5.37. The van der Waals surface area contributed by atoms with Gasteiger partial charge in [0, 0.05) is 5.33 Å². The molecule has 2 nitrogen and oxygen atoms in total. The van der Waals surface area contributed by atoms with Gasteiger partial charge in [0.05, 0.1) is 6.61 Å². The number of rotatable bonds is 6. The van der Waals surface area contributed by atoms with Gasteiger partial charge in [-0.2, -0.15) is 0 Å². The van der Waals surface area contributed by atoms with Crippen molar-refractivity contribution in [2.24, 2.45) is 0 Å². The van der Waals surface area contributed by atoms with E-state index >= 15 is 0 Å². The number of unbranched alkanes of at least 4 members (excludes halogenated alkanes) is 1. The lowest BCUT2D eigenvalue weighted by molar-refractivity contribution is -0.274. The Hall–Kier alpha value is -0.910. The molecule has 0 N–H and O–H groups in total. The molecule has 0 aliphatic rings. The van der Waals surface area contributed by atoms with Crippen molar-refractivity contribution >= 4 is 15.9 Å². The number of benzene rings is 1. The third kappa shape index (κ3) is 6.41. The van der Waals surface area contributed by atoms with Crippen molar-refractivity contribution in [2.75, 3.05) is 11.9 Å². The zero-order valence-corrected chi connectivity index (χ0v) is 10.6. The first-order valence-corrected chi connectivity index (χ1v) is 6.18. The topological polar surface area (TPSA) is 18.5 Å². The van der Waals surface area contributed by atoms with E-state index in [1.54, 1.807) is 0 Å². The van der Waals surface area contributed by atoms with E-state index in [2.05, 4.69) is 20.7 Å². The van der Waals surface area contributed by atoms with Crippen molar-refractivity contribution in [3.05, 3.63) is 24.3 Å². The number of alkyl halides is 4. The summed E-state index contributed by atoms with van der Waals surface area (Å²) in [4.78, 5) is 0. The van der Waals surface area contributed by atoms with Crippen LogP contribution in [0, 0.1) is 0 Å². The van der Waals surface area contributed by atoms with Crippen molar-refractivity contribution in [3.8, 4) is 11.5 Å². The number of ether oxygens (including phenoxy) is 2. The smallest absolute Gasteiger partial charge is 0.494 e. The van der Waals surface area contributed by atoms with Gasteiger partial charge in [-0.05, 0) is 37.1 Å². The van der Waals surface area contributed by atoms with Gasteiger partial charge >= 0.3 is 6.36 Å². The first kappa shape index (κ1) is 14.2. The average Bonchev–Trinajstić information content (AvgIpc) is 2.25. The molecule has 0 atom stereocenters. The van der Waals surface area contributed by atoms with Gasteiger partial charge in [0.25, 0.3) is 0 Å². The molecule has 0 aromatic heterocycles. The predicted octanol–water partition coefficient (Wildman–Crippen LogP) is 4.14. The Bertz CT molecular complexity index is 324. The van der Waals surface area contributed by atoms with Gasteiger partial charge in [0.15, 0.2) is 0 Å². The van der Waals surface area contributed by atoms with Gasteiger partial charge in [-0.1, -0.05) is 15.9 Å². The molecule has 0 fully saturated rings. The molecule has 96 valence electrons. The molecule has 0 heterocycles. The van der Waals surface area contributed by atoms with Crippen LogP contribution in [-0.2, 0) is 0 Å². The summed E-state index contributed by atoms with van der Waals surface area (Å²) in [6.45, 7) is 0.547. The summed E-state index contributed by atoms with van der Waals surface area (Å²) in [5.41, 5.74) is 0. The van der Waals surface area contributed by atoms with E-state index in [0.717, 1.165) is 18.2 Å². The van der Waals surface area contributed by atoms with Crippen LogP contribution in [0.15, 0.2) is 24.3 Å². The summed E-state index contributed by atoms with van der Waals surface area (Å²) in [5, 5.41) is 0.911. The summed E-state index contributed by atoms with van der Waals surface area (Å²) >= 11 is 3.29. The van der Waals surface area contributed by atoms with E-state index in [1.807, 2.05) is 0 Å². The maximum Gasteiger partial charge on any atom is 0.573 e. The third-order valence-electron chi connectivity index (χ3n) is 1.85. The average molecular weight is 313 g/mol. The zero-order valence-electron chi connectivity index (χ0n) is 8.97. The second kappa shape index (κ2) is 6.74. The zero-order chi connectivity index (χ0) is 12.7. The van der Waals surface area contributed by atoms with Crippen LogP contribution < -0.4 is 9.47 Å². The predicted molar refractivity (Wildman–Crippen MR) is 61.6 cm³/mol. The first-order valence-electron chi connectivity index (χ1n) is 5.06. The van der Waals surface area contributed by atoms with Crippen LogP contribution in [-0.4, -0.2) is 18.3 Å². The van der Waals surface area contributed by atoms with Crippen molar-refractivity contribution in [2.45, 2.75) is 19.2 Å². The monoisotopic (exact) mass is 312 g/mol. The number of halogens is 4. The van der Waals surface area contributed by atoms with E-state index in [4.69, 9.17) is 4.74 Å².